The molecule has 0 aliphatic carbocycles. The van der Waals surface area contributed by atoms with Gasteiger partial charge in [-0.05, 0) is 62.4 Å². The first kappa shape index (κ1) is 23.8. The highest BCUT2D eigenvalue weighted by Crippen LogP contribution is 2.43. The van der Waals surface area contributed by atoms with Crippen molar-refractivity contribution in [2.75, 3.05) is 25.2 Å². The molecule has 1 atom stereocenters. The minimum atomic E-state index is -0.939. The number of anilines is 1. The lowest BCUT2D eigenvalue weighted by Gasteiger charge is -2.25. The second kappa shape index (κ2) is 10.3. The smallest absolute Gasteiger partial charge is 0.300 e. The molecule has 1 N–H and O–H groups in total. The Morgan fingerprint density at radius 3 is 2.31 bits per heavy atom. The number of nitrogens with zero attached hydrogens (tertiary/aromatic N) is 2. The van der Waals surface area contributed by atoms with Crippen LogP contribution in [0.4, 0.5) is 5.69 Å². The van der Waals surface area contributed by atoms with Gasteiger partial charge in [0.05, 0.1) is 37.2 Å². The Labute approximate surface area is 203 Å². The summed E-state index contributed by atoms with van der Waals surface area (Å²) in [6.07, 6.45) is 1.58. The fourth-order valence-corrected chi connectivity index (χ4v) is 4.03. The van der Waals surface area contributed by atoms with Crippen molar-refractivity contribution in [3.8, 4) is 17.2 Å². The lowest BCUT2D eigenvalue weighted by Crippen LogP contribution is -2.29. The van der Waals surface area contributed by atoms with Crippen molar-refractivity contribution in [2.45, 2.75) is 19.9 Å². The lowest BCUT2D eigenvalue weighted by molar-refractivity contribution is -0.132. The van der Waals surface area contributed by atoms with Crippen LogP contribution in [0.15, 0.2) is 72.4 Å². The number of aromatic nitrogens is 1. The van der Waals surface area contributed by atoms with Crippen LogP contribution in [-0.4, -0.2) is 42.1 Å². The van der Waals surface area contributed by atoms with E-state index in [-0.39, 0.29) is 16.9 Å². The van der Waals surface area contributed by atoms with Crippen LogP contribution >= 0.6 is 0 Å². The highest BCUT2D eigenvalue weighted by molar-refractivity contribution is 6.51. The Kier molecular flexibility index (Phi) is 7.01. The Morgan fingerprint density at radius 1 is 0.971 bits per heavy atom. The molecule has 35 heavy (non-hydrogen) atoms. The number of benzene rings is 2. The number of pyridine rings is 1. The summed E-state index contributed by atoms with van der Waals surface area (Å²) in [6.45, 7) is 4.47. The van der Waals surface area contributed by atoms with E-state index in [1.54, 1.807) is 74.0 Å². The second-order valence-electron chi connectivity index (χ2n) is 7.65. The molecule has 1 unspecified atom stereocenters. The normalized spacial score (nSPS) is 16.9. The van der Waals surface area contributed by atoms with Crippen LogP contribution in [0.1, 0.15) is 31.1 Å². The zero-order valence-electron chi connectivity index (χ0n) is 19.7. The lowest BCUT2D eigenvalue weighted by atomic mass is 9.97. The third-order valence-corrected chi connectivity index (χ3v) is 5.58. The molecule has 0 bridgehead atoms. The maximum atomic E-state index is 13.3. The van der Waals surface area contributed by atoms with E-state index in [2.05, 4.69) is 4.98 Å². The molecule has 8 nitrogen and oxygen atoms in total. The number of amides is 1. The van der Waals surface area contributed by atoms with Gasteiger partial charge >= 0.3 is 0 Å². The SMILES string of the molecule is CCOc1ccc(/C(O)=C2/C(=O)C(=O)N(c3ccc(OC)cc3)C2c2ccccn2)c(OCC)c1. The fourth-order valence-electron chi connectivity index (χ4n) is 4.03. The predicted octanol–water partition coefficient (Wildman–Crippen LogP) is 4.51. The van der Waals surface area contributed by atoms with Gasteiger partial charge in [0.15, 0.2) is 0 Å². The van der Waals surface area contributed by atoms with Crippen LogP contribution in [0.5, 0.6) is 17.2 Å². The number of methoxy groups -OCH3 is 1. The first-order valence-corrected chi connectivity index (χ1v) is 11.3. The van der Waals surface area contributed by atoms with Crippen LogP contribution in [-0.2, 0) is 9.59 Å². The van der Waals surface area contributed by atoms with Gasteiger partial charge in [0.2, 0.25) is 0 Å². The molecule has 2 heterocycles. The Bertz CT molecular complexity index is 1250. The molecular weight excluding hydrogens is 448 g/mol. The summed E-state index contributed by atoms with van der Waals surface area (Å²) in [4.78, 5) is 32.3. The van der Waals surface area contributed by atoms with Gasteiger partial charge in [0.25, 0.3) is 11.7 Å². The molecule has 180 valence electrons. The van der Waals surface area contributed by atoms with Crippen molar-refractivity contribution in [2.24, 2.45) is 0 Å². The fraction of sp³-hybridized carbons (Fsp3) is 0.222. The summed E-state index contributed by atoms with van der Waals surface area (Å²) in [7, 11) is 1.54. The molecule has 1 saturated heterocycles. The van der Waals surface area contributed by atoms with E-state index in [4.69, 9.17) is 14.2 Å². The van der Waals surface area contributed by atoms with E-state index in [1.807, 2.05) is 13.8 Å². The maximum absolute atomic E-state index is 13.3. The molecule has 2 aromatic carbocycles. The van der Waals surface area contributed by atoms with Crippen LogP contribution < -0.4 is 19.1 Å². The highest BCUT2D eigenvalue weighted by atomic mass is 16.5. The highest BCUT2D eigenvalue weighted by Gasteiger charge is 2.47. The zero-order valence-corrected chi connectivity index (χ0v) is 19.7. The monoisotopic (exact) mass is 474 g/mol. The minimum Gasteiger partial charge on any atom is -0.507 e. The average Bonchev–Trinajstić information content (AvgIpc) is 3.15. The Hall–Kier alpha value is -4.33. The van der Waals surface area contributed by atoms with Crippen molar-refractivity contribution in [3.05, 3.63) is 83.7 Å². The average molecular weight is 475 g/mol. The number of ketones is 1. The molecule has 8 heteroatoms. The third kappa shape index (κ3) is 4.55. The molecule has 3 aromatic rings. The number of hydrogen-bond donors (Lipinski definition) is 1. The standard InChI is InChI=1S/C27H26N2O6/c1-4-34-19-13-14-20(22(16-19)35-5-2)25(30)23-24(21-8-6-7-15-28-21)29(27(32)26(23)31)17-9-11-18(33-3)12-10-17/h6-16,24,30H,4-5H2,1-3H3/b25-23-. The van der Waals surface area contributed by atoms with Crippen molar-refractivity contribution in [1.29, 1.82) is 0 Å². The van der Waals surface area contributed by atoms with E-state index in [1.165, 1.54) is 4.90 Å². The van der Waals surface area contributed by atoms with Crippen LogP contribution in [0.3, 0.4) is 0 Å². The minimum absolute atomic E-state index is 0.0744. The van der Waals surface area contributed by atoms with Crippen LogP contribution in [0, 0.1) is 0 Å². The van der Waals surface area contributed by atoms with Crippen LogP contribution in [0.2, 0.25) is 0 Å². The van der Waals surface area contributed by atoms with Gasteiger partial charge in [-0.2, -0.15) is 0 Å². The van der Waals surface area contributed by atoms with Crippen molar-refractivity contribution in [1.82, 2.24) is 4.98 Å². The summed E-state index contributed by atoms with van der Waals surface area (Å²) < 4.78 is 16.5. The van der Waals surface area contributed by atoms with Gasteiger partial charge < -0.3 is 19.3 Å². The van der Waals surface area contributed by atoms with Crippen molar-refractivity contribution in [3.63, 3.8) is 0 Å². The van der Waals surface area contributed by atoms with Gasteiger partial charge in [0, 0.05) is 18.0 Å². The van der Waals surface area contributed by atoms with Crippen LogP contribution in [0.25, 0.3) is 5.76 Å². The van der Waals surface area contributed by atoms with E-state index in [0.29, 0.717) is 41.8 Å². The number of rotatable bonds is 8. The quantitative estimate of drug-likeness (QED) is 0.291. The summed E-state index contributed by atoms with van der Waals surface area (Å²) in [5.41, 5.74) is 1.12. The number of ether oxygens (including phenoxy) is 3. The van der Waals surface area contributed by atoms with E-state index in [0.717, 1.165) is 0 Å². The number of carbonyl (C=O) groups is 2. The summed E-state index contributed by atoms with van der Waals surface area (Å²) in [5.74, 6) is -0.419. The van der Waals surface area contributed by atoms with Gasteiger partial charge in [-0.3, -0.25) is 19.5 Å². The van der Waals surface area contributed by atoms with E-state index in [9.17, 15) is 14.7 Å². The molecular formula is C27H26N2O6. The number of aliphatic hydroxyl groups excluding tert-OH is 1. The molecule has 0 saturated carbocycles. The van der Waals surface area contributed by atoms with E-state index < -0.39 is 17.7 Å². The molecule has 1 amide bonds. The molecule has 1 aliphatic heterocycles. The van der Waals surface area contributed by atoms with Gasteiger partial charge in [-0.25, -0.2) is 0 Å². The summed E-state index contributed by atoms with van der Waals surface area (Å²) in [5, 5.41) is 11.4. The molecule has 0 radical (unpaired) electrons. The first-order valence-electron chi connectivity index (χ1n) is 11.3. The number of carbonyl (C=O) groups excluding carboxylic acids is 2. The van der Waals surface area contributed by atoms with Gasteiger partial charge in [-0.15, -0.1) is 0 Å². The molecule has 0 spiro atoms. The molecule has 1 fully saturated rings. The van der Waals surface area contributed by atoms with Crippen molar-refractivity contribution >= 4 is 23.1 Å². The van der Waals surface area contributed by atoms with E-state index >= 15 is 0 Å². The zero-order chi connectivity index (χ0) is 24.9. The summed E-state index contributed by atoms with van der Waals surface area (Å²) >= 11 is 0. The maximum Gasteiger partial charge on any atom is 0.300 e. The molecule has 4 rings (SSSR count). The largest absolute Gasteiger partial charge is 0.507 e. The third-order valence-electron chi connectivity index (χ3n) is 5.58. The Morgan fingerprint density at radius 2 is 1.69 bits per heavy atom. The number of Topliss-reactive ketones (excluding diaryl/α,β-unsaturated/α-hetero) is 1. The molecule has 1 aromatic heterocycles. The Balaban J connectivity index is 1.91. The number of hydrogen-bond acceptors (Lipinski definition) is 7. The predicted molar refractivity (Wildman–Crippen MR) is 131 cm³/mol. The van der Waals surface area contributed by atoms with Crippen molar-refractivity contribution < 1.29 is 28.9 Å². The topological polar surface area (TPSA) is 98.2 Å². The molecule has 1 aliphatic rings. The second-order valence-corrected chi connectivity index (χ2v) is 7.65. The van der Waals surface area contributed by atoms with Gasteiger partial charge in [0.1, 0.15) is 29.0 Å². The van der Waals surface area contributed by atoms with Gasteiger partial charge in [-0.1, -0.05) is 6.07 Å². The number of aliphatic hydroxyl groups is 1. The summed E-state index contributed by atoms with van der Waals surface area (Å²) in [6, 6.07) is 16.0. The first-order chi connectivity index (χ1) is 17.0.